The summed E-state index contributed by atoms with van der Waals surface area (Å²) in [4.78, 5) is 12.3. The number of hydrogen-bond donors (Lipinski definition) is 3. The largest absolute Gasteiger partial charge is 0.332 e. The minimum atomic E-state index is -3.69. The highest BCUT2D eigenvalue weighted by molar-refractivity contribution is 7.90. The lowest BCUT2D eigenvalue weighted by atomic mass is 9.99. The first kappa shape index (κ1) is 17.2. The predicted molar refractivity (Wildman–Crippen MR) is 95.0 cm³/mol. The summed E-state index contributed by atoms with van der Waals surface area (Å²) in [6.07, 6.45) is 6.15. The molecule has 1 atom stereocenters. The average Bonchev–Trinajstić information content (AvgIpc) is 3.15. The standard InChI is InChI=1S/C17H25N3O3S/c1-11(10-18-2)24(22,23)20-17(21)19-16-14-7-3-5-12(14)9-13-6-4-8-15(13)16/h9,11,18H,3-8,10H2,1-2H3,(H2,19,20,21). The normalized spacial score (nSPS) is 17.2. The van der Waals surface area contributed by atoms with E-state index in [1.807, 2.05) is 0 Å². The number of anilines is 1. The zero-order valence-electron chi connectivity index (χ0n) is 14.2. The first-order valence-corrected chi connectivity index (χ1v) is 10.1. The minimum absolute atomic E-state index is 0.290. The van der Waals surface area contributed by atoms with E-state index in [-0.39, 0.29) is 0 Å². The number of nitrogens with one attached hydrogen (secondary N) is 3. The van der Waals surface area contributed by atoms with E-state index in [9.17, 15) is 13.2 Å². The summed E-state index contributed by atoms with van der Waals surface area (Å²) < 4.78 is 26.5. The quantitative estimate of drug-likeness (QED) is 0.754. The molecule has 0 fully saturated rings. The van der Waals surface area contributed by atoms with Crippen molar-refractivity contribution in [3.8, 4) is 0 Å². The number of sulfonamides is 1. The van der Waals surface area contributed by atoms with Crippen LogP contribution < -0.4 is 15.4 Å². The van der Waals surface area contributed by atoms with Gasteiger partial charge in [0.1, 0.15) is 0 Å². The molecule has 3 N–H and O–H groups in total. The third-order valence-corrected chi connectivity index (χ3v) is 6.66. The molecule has 1 unspecified atom stereocenters. The van der Waals surface area contributed by atoms with Gasteiger partial charge in [-0.25, -0.2) is 17.9 Å². The van der Waals surface area contributed by atoms with Gasteiger partial charge in [0, 0.05) is 12.2 Å². The fourth-order valence-corrected chi connectivity index (χ4v) is 4.63. The smallest absolute Gasteiger partial charge is 0.318 e. The van der Waals surface area contributed by atoms with Gasteiger partial charge in [0.2, 0.25) is 10.0 Å². The Hall–Kier alpha value is -1.60. The van der Waals surface area contributed by atoms with Gasteiger partial charge in [-0.3, -0.25) is 0 Å². The van der Waals surface area contributed by atoms with Crippen molar-refractivity contribution in [2.75, 3.05) is 18.9 Å². The third-order valence-electron chi connectivity index (χ3n) is 4.97. The highest BCUT2D eigenvalue weighted by atomic mass is 32.2. The molecule has 6 nitrogen and oxygen atoms in total. The number of hydrogen-bond acceptors (Lipinski definition) is 4. The van der Waals surface area contributed by atoms with Crippen molar-refractivity contribution >= 4 is 21.7 Å². The first-order chi connectivity index (χ1) is 11.4. The van der Waals surface area contributed by atoms with E-state index in [1.54, 1.807) is 14.0 Å². The molecule has 1 aromatic rings. The van der Waals surface area contributed by atoms with E-state index >= 15 is 0 Å². The molecular weight excluding hydrogens is 326 g/mol. The second kappa shape index (κ2) is 6.72. The number of urea groups is 1. The first-order valence-electron chi connectivity index (χ1n) is 8.56. The summed E-state index contributed by atoms with van der Waals surface area (Å²) in [5, 5.41) is 4.98. The van der Waals surface area contributed by atoms with Crippen LogP contribution in [0.5, 0.6) is 0 Å². The Morgan fingerprint density at radius 2 is 1.71 bits per heavy atom. The van der Waals surface area contributed by atoms with Crippen LogP contribution in [0.25, 0.3) is 0 Å². The maximum absolute atomic E-state index is 12.3. The van der Waals surface area contributed by atoms with Crippen molar-refractivity contribution in [1.82, 2.24) is 10.0 Å². The maximum atomic E-state index is 12.3. The molecular formula is C17H25N3O3S. The Bertz CT molecular complexity index is 727. The SMILES string of the molecule is CNCC(C)S(=O)(=O)NC(=O)Nc1c2c(cc3c1CCC3)CCC2. The lowest BCUT2D eigenvalue weighted by Gasteiger charge is -2.18. The van der Waals surface area contributed by atoms with Crippen LogP contribution in [0.2, 0.25) is 0 Å². The van der Waals surface area contributed by atoms with Gasteiger partial charge in [-0.15, -0.1) is 0 Å². The lowest BCUT2D eigenvalue weighted by Crippen LogP contribution is -2.43. The van der Waals surface area contributed by atoms with E-state index in [0.29, 0.717) is 6.54 Å². The number of carbonyl (C=O) groups excluding carboxylic acids is 1. The van der Waals surface area contributed by atoms with Crippen LogP contribution in [0.15, 0.2) is 6.07 Å². The van der Waals surface area contributed by atoms with Gasteiger partial charge in [-0.2, -0.15) is 0 Å². The zero-order valence-corrected chi connectivity index (χ0v) is 15.1. The van der Waals surface area contributed by atoms with Gasteiger partial charge in [0.15, 0.2) is 0 Å². The van der Waals surface area contributed by atoms with Crippen LogP contribution in [0.1, 0.15) is 42.0 Å². The van der Waals surface area contributed by atoms with Gasteiger partial charge < -0.3 is 10.6 Å². The number of fused-ring (bicyclic) bond motifs is 2. The van der Waals surface area contributed by atoms with E-state index in [1.165, 1.54) is 22.3 Å². The second-order valence-corrected chi connectivity index (χ2v) is 8.80. The molecule has 2 aliphatic rings. The van der Waals surface area contributed by atoms with Crippen LogP contribution in [-0.4, -0.2) is 33.3 Å². The van der Waals surface area contributed by atoms with Gasteiger partial charge in [0.25, 0.3) is 0 Å². The Morgan fingerprint density at radius 3 is 2.25 bits per heavy atom. The molecule has 24 heavy (non-hydrogen) atoms. The highest BCUT2D eigenvalue weighted by Crippen LogP contribution is 2.38. The average molecular weight is 351 g/mol. The minimum Gasteiger partial charge on any atom is -0.318 e. The monoisotopic (exact) mass is 351 g/mol. The maximum Gasteiger partial charge on any atom is 0.332 e. The Balaban J connectivity index is 1.81. The number of carbonyl (C=O) groups is 1. The van der Waals surface area contributed by atoms with Crippen LogP contribution in [0.4, 0.5) is 10.5 Å². The van der Waals surface area contributed by atoms with E-state index < -0.39 is 21.3 Å². The van der Waals surface area contributed by atoms with Gasteiger partial charge in [-0.05, 0) is 74.8 Å². The predicted octanol–water partition coefficient (Wildman–Crippen LogP) is 1.72. The molecule has 2 amide bonds. The molecule has 0 aliphatic heterocycles. The molecule has 0 radical (unpaired) electrons. The van der Waals surface area contributed by atoms with E-state index in [2.05, 4.69) is 21.4 Å². The Morgan fingerprint density at radius 1 is 1.12 bits per heavy atom. The topological polar surface area (TPSA) is 87.3 Å². The lowest BCUT2D eigenvalue weighted by molar-refractivity contribution is 0.256. The molecule has 0 spiro atoms. The van der Waals surface area contributed by atoms with Crippen molar-refractivity contribution in [1.29, 1.82) is 0 Å². The summed E-state index contributed by atoms with van der Waals surface area (Å²) in [6.45, 7) is 1.86. The zero-order chi connectivity index (χ0) is 17.3. The molecule has 0 aromatic heterocycles. The second-order valence-electron chi connectivity index (χ2n) is 6.70. The van der Waals surface area contributed by atoms with Crippen molar-refractivity contribution in [2.45, 2.75) is 50.7 Å². The fraction of sp³-hybridized carbons (Fsp3) is 0.588. The molecule has 132 valence electrons. The summed E-state index contributed by atoms with van der Waals surface area (Å²) in [5.74, 6) is 0. The van der Waals surface area contributed by atoms with Gasteiger partial charge in [0.05, 0.1) is 5.25 Å². The molecule has 0 bridgehead atoms. The van der Waals surface area contributed by atoms with Crippen LogP contribution in [-0.2, 0) is 35.7 Å². The van der Waals surface area contributed by atoms with Crippen molar-refractivity contribution in [3.05, 3.63) is 28.3 Å². The molecule has 0 saturated carbocycles. The van der Waals surface area contributed by atoms with E-state index in [4.69, 9.17) is 0 Å². The number of aryl methyl sites for hydroxylation is 2. The number of rotatable bonds is 5. The highest BCUT2D eigenvalue weighted by Gasteiger charge is 2.27. The van der Waals surface area contributed by atoms with Crippen molar-refractivity contribution < 1.29 is 13.2 Å². The summed E-state index contributed by atoms with van der Waals surface area (Å²) >= 11 is 0. The molecule has 1 aromatic carbocycles. The van der Waals surface area contributed by atoms with Crippen LogP contribution >= 0.6 is 0 Å². The molecule has 7 heteroatoms. The molecule has 2 aliphatic carbocycles. The number of benzene rings is 1. The summed E-state index contributed by atoms with van der Waals surface area (Å²) in [6, 6.07) is 1.62. The molecule has 3 rings (SSSR count). The summed E-state index contributed by atoms with van der Waals surface area (Å²) in [7, 11) is -2.01. The van der Waals surface area contributed by atoms with Crippen LogP contribution in [0.3, 0.4) is 0 Å². The van der Waals surface area contributed by atoms with Crippen LogP contribution in [0, 0.1) is 0 Å². The van der Waals surface area contributed by atoms with Gasteiger partial charge >= 0.3 is 6.03 Å². The Kier molecular flexibility index (Phi) is 4.83. The Labute approximate surface area is 143 Å². The fourth-order valence-electron chi connectivity index (χ4n) is 3.73. The molecule has 0 heterocycles. The summed E-state index contributed by atoms with van der Waals surface area (Å²) in [5.41, 5.74) is 5.83. The molecule has 0 saturated heterocycles. The number of amides is 2. The van der Waals surface area contributed by atoms with Crippen molar-refractivity contribution in [3.63, 3.8) is 0 Å². The van der Waals surface area contributed by atoms with Gasteiger partial charge in [-0.1, -0.05) is 6.07 Å². The third kappa shape index (κ3) is 3.28. The van der Waals surface area contributed by atoms with E-state index in [0.717, 1.165) is 44.2 Å². The van der Waals surface area contributed by atoms with Crippen molar-refractivity contribution in [2.24, 2.45) is 0 Å².